The van der Waals surface area contributed by atoms with Crippen molar-refractivity contribution in [2.75, 3.05) is 20.1 Å². The Kier molecular flexibility index (Phi) is 7.42. The molecule has 0 amide bonds. The fourth-order valence-electron chi connectivity index (χ4n) is 1.80. The van der Waals surface area contributed by atoms with Crippen LogP contribution in [0.25, 0.3) is 0 Å². The maximum Gasteiger partial charge on any atom is 0.134 e. The predicted octanol–water partition coefficient (Wildman–Crippen LogP) is 3.36. The molecule has 1 rings (SSSR count). The number of unbranched alkanes of at least 4 members (excludes halogenated alkanes) is 1. The highest BCUT2D eigenvalue weighted by Gasteiger charge is 2.04. The van der Waals surface area contributed by atoms with Gasteiger partial charge in [-0.2, -0.15) is 0 Å². The van der Waals surface area contributed by atoms with Crippen LogP contribution in [0.5, 0.6) is 5.75 Å². The van der Waals surface area contributed by atoms with Crippen LogP contribution in [-0.2, 0) is 6.54 Å². The zero-order chi connectivity index (χ0) is 14.3. The number of para-hydroxylation sites is 1. The van der Waals surface area contributed by atoms with E-state index in [2.05, 4.69) is 47.0 Å². The molecule has 0 spiro atoms. The van der Waals surface area contributed by atoms with E-state index < -0.39 is 0 Å². The molecule has 3 nitrogen and oxygen atoms in total. The minimum atomic E-state index is 0.342. The summed E-state index contributed by atoms with van der Waals surface area (Å²) in [6.45, 7) is 7.27. The maximum atomic E-state index is 9.84. The highest BCUT2D eigenvalue weighted by molar-refractivity contribution is 9.10. The van der Waals surface area contributed by atoms with Crippen LogP contribution in [0.1, 0.15) is 32.3 Å². The Hall–Kier alpha value is -0.580. The van der Waals surface area contributed by atoms with Gasteiger partial charge in [0.25, 0.3) is 0 Å². The van der Waals surface area contributed by atoms with Gasteiger partial charge >= 0.3 is 0 Å². The van der Waals surface area contributed by atoms with E-state index in [1.165, 1.54) is 6.42 Å². The van der Waals surface area contributed by atoms with E-state index in [4.69, 9.17) is 0 Å². The van der Waals surface area contributed by atoms with E-state index >= 15 is 0 Å². The van der Waals surface area contributed by atoms with Crippen LogP contribution in [0, 0.1) is 0 Å². The number of hydrogen-bond acceptors (Lipinski definition) is 3. The summed E-state index contributed by atoms with van der Waals surface area (Å²) in [5.74, 6) is 0.342. The van der Waals surface area contributed by atoms with E-state index in [-0.39, 0.29) is 0 Å². The van der Waals surface area contributed by atoms with Gasteiger partial charge in [0.15, 0.2) is 0 Å². The SMILES string of the molecule is CC(C)N(C)CCCCNCc1cccc(Br)c1O. The first kappa shape index (κ1) is 16.5. The monoisotopic (exact) mass is 328 g/mol. The molecule has 0 fully saturated rings. The third-order valence-electron chi connectivity index (χ3n) is 3.38. The van der Waals surface area contributed by atoms with Crippen LogP contribution in [-0.4, -0.2) is 36.2 Å². The van der Waals surface area contributed by atoms with Crippen molar-refractivity contribution in [3.05, 3.63) is 28.2 Å². The molecule has 0 saturated carbocycles. The van der Waals surface area contributed by atoms with Gasteiger partial charge in [-0.25, -0.2) is 0 Å². The number of phenolic OH excluding ortho intramolecular Hbond substituents is 1. The van der Waals surface area contributed by atoms with Crippen LogP contribution in [0.3, 0.4) is 0 Å². The summed E-state index contributed by atoms with van der Waals surface area (Å²) in [7, 11) is 2.16. The smallest absolute Gasteiger partial charge is 0.134 e. The summed E-state index contributed by atoms with van der Waals surface area (Å²) in [5.41, 5.74) is 0.939. The Morgan fingerprint density at radius 2 is 2.05 bits per heavy atom. The number of benzene rings is 1. The van der Waals surface area contributed by atoms with Crippen LogP contribution in [0.2, 0.25) is 0 Å². The second-order valence-electron chi connectivity index (χ2n) is 5.21. The Morgan fingerprint density at radius 1 is 1.32 bits per heavy atom. The fourth-order valence-corrected chi connectivity index (χ4v) is 2.20. The van der Waals surface area contributed by atoms with Crippen LogP contribution in [0.4, 0.5) is 0 Å². The molecule has 0 radical (unpaired) electrons. The van der Waals surface area contributed by atoms with Crippen molar-refractivity contribution in [1.29, 1.82) is 0 Å². The third-order valence-corrected chi connectivity index (χ3v) is 4.02. The molecule has 0 heterocycles. The quantitative estimate of drug-likeness (QED) is 0.718. The normalized spacial score (nSPS) is 11.5. The number of halogens is 1. The zero-order valence-electron chi connectivity index (χ0n) is 12.1. The first-order chi connectivity index (χ1) is 9.02. The minimum absolute atomic E-state index is 0.342. The molecule has 19 heavy (non-hydrogen) atoms. The Morgan fingerprint density at radius 3 is 2.74 bits per heavy atom. The zero-order valence-corrected chi connectivity index (χ0v) is 13.7. The van der Waals surface area contributed by atoms with E-state index in [1.54, 1.807) is 0 Å². The van der Waals surface area contributed by atoms with Crippen molar-refractivity contribution in [3.8, 4) is 5.75 Å². The van der Waals surface area contributed by atoms with Gasteiger partial charge in [-0.15, -0.1) is 0 Å². The molecular formula is C15H25BrN2O. The summed E-state index contributed by atoms with van der Waals surface area (Å²) in [6, 6.07) is 6.35. The van der Waals surface area contributed by atoms with Crippen molar-refractivity contribution in [2.24, 2.45) is 0 Å². The summed E-state index contributed by atoms with van der Waals surface area (Å²) in [4.78, 5) is 2.36. The van der Waals surface area contributed by atoms with Crippen molar-refractivity contribution in [1.82, 2.24) is 10.2 Å². The summed E-state index contributed by atoms with van der Waals surface area (Å²) < 4.78 is 0.755. The first-order valence-electron chi connectivity index (χ1n) is 6.89. The lowest BCUT2D eigenvalue weighted by atomic mass is 10.2. The minimum Gasteiger partial charge on any atom is -0.506 e. The summed E-state index contributed by atoms with van der Waals surface area (Å²) in [5, 5.41) is 13.2. The van der Waals surface area contributed by atoms with Crippen molar-refractivity contribution in [3.63, 3.8) is 0 Å². The second-order valence-corrected chi connectivity index (χ2v) is 6.06. The largest absolute Gasteiger partial charge is 0.506 e. The topological polar surface area (TPSA) is 35.5 Å². The van der Waals surface area contributed by atoms with Gasteiger partial charge in [-0.1, -0.05) is 12.1 Å². The maximum absolute atomic E-state index is 9.84. The molecule has 1 aromatic carbocycles. The van der Waals surface area contributed by atoms with E-state index in [0.717, 1.165) is 29.5 Å². The van der Waals surface area contributed by atoms with E-state index in [9.17, 15) is 5.11 Å². The predicted molar refractivity (Wildman–Crippen MR) is 84.5 cm³/mol. The molecule has 4 heteroatoms. The lowest BCUT2D eigenvalue weighted by molar-refractivity contribution is 0.268. The molecule has 0 atom stereocenters. The fraction of sp³-hybridized carbons (Fsp3) is 0.600. The standard InChI is InChI=1S/C15H25BrN2O/c1-12(2)18(3)10-5-4-9-17-11-13-7-6-8-14(16)15(13)19/h6-8,12,17,19H,4-5,9-11H2,1-3H3. The van der Waals surface area contributed by atoms with E-state index in [0.29, 0.717) is 18.3 Å². The van der Waals surface area contributed by atoms with Gasteiger partial charge in [0, 0.05) is 18.2 Å². The molecule has 0 aromatic heterocycles. The third kappa shape index (κ3) is 5.93. The second kappa shape index (κ2) is 8.56. The van der Waals surface area contributed by atoms with Gasteiger partial charge in [0.2, 0.25) is 0 Å². The van der Waals surface area contributed by atoms with Crippen LogP contribution in [0.15, 0.2) is 22.7 Å². The van der Waals surface area contributed by atoms with Gasteiger partial charge in [-0.3, -0.25) is 0 Å². The Labute approximate surface area is 125 Å². The van der Waals surface area contributed by atoms with Gasteiger partial charge in [0.1, 0.15) is 5.75 Å². The highest BCUT2D eigenvalue weighted by atomic mass is 79.9. The molecule has 0 bridgehead atoms. The molecule has 108 valence electrons. The number of nitrogens with zero attached hydrogens (tertiary/aromatic N) is 1. The number of rotatable bonds is 8. The molecule has 0 saturated heterocycles. The molecule has 1 aromatic rings. The molecule has 0 aliphatic heterocycles. The van der Waals surface area contributed by atoms with Crippen molar-refractivity contribution >= 4 is 15.9 Å². The van der Waals surface area contributed by atoms with Gasteiger partial charge in [-0.05, 0) is 68.8 Å². The molecule has 0 aliphatic carbocycles. The lowest BCUT2D eigenvalue weighted by Gasteiger charge is -2.20. The van der Waals surface area contributed by atoms with E-state index in [1.807, 2.05) is 18.2 Å². The number of phenols is 1. The first-order valence-corrected chi connectivity index (χ1v) is 7.69. The molecule has 2 N–H and O–H groups in total. The van der Waals surface area contributed by atoms with Gasteiger partial charge < -0.3 is 15.3 Å². The van der Waals surface area contributed by atoms with Gasteiger partial charge in [0.05, 0.1) is 4.47 Å². The Balaban J connectivity index is 2.16. The lowest BCUT2D eigenvalue weighted by Crippen LogP contribution is -2.27. The molecule has 0 aliphatic rings. The highest BCUT2D eigenvalue weighted by Crippen LogP contribution is 2.27. The number of aromatic hydroxyl groups is 1. The average molecular weight is 329 g/mol. The Bertz CT molecular complexity index is 382. The summed E-state index contributed by atoms with van der Waals surface area (Å²) in [6.07, 6.45) is 2.36. The summed E-state index contributed by atoms with van der Waals surface area (Å²) >= 11 is 3.33. The van der Waals surface area contributed by atoms with Crippen molar-refractivity contribution < 1.29 is 5.11 Å². The number of nitrogens with one attached hydrogen (secondary N) is 1. The number of hydrogen-bond donors (Lipinski definition) is 2. The average Bonchev–Trinajstić information content (AvgIpc) is 2.37. The molecular weight excluding hydrogens is 304 g/mol. The molecule has 0 unspecified atom stereocenters. The van der Waals surface area contributed by atoms with Crippen molar-refractivity contribution in [2.45, 2.75) is 39.3 Å². The van der Waals surface area contributed by atoms with Crippen LogP contribution < -0.4 is 5.32 Å². The van der Waals surface area contributed by atoms with Crippen LogP contribution >= 0.6 is 15.9 Å².